The van der Waals surface area contributed by atoms with Crippen LogP contribution in [0, 0.1) is 0 Å². The van der Waals surface area contributed by atoms with Crippen molar-refractivity contribution in [2.24, 2.45) is 0 Å². The molecule has 1 N–H and O–H groups in total. The van der Waals surface area contributed by atoms with Gasteiger partial charge in [-0.1, -0.05) is 34.8 Å². The molecule has 1 aliphatic heterocycles. The maximum absolute atomic E-state index is 12.7. The lowest BCUT2D eigenvalue weighted by Crippen LogP contribution is -2.35. The zero-order chi connectivity index (χ0) is 18.1. The molecule has 8 heteroatoms. The van der Waals surface area contributed by atoms with Crippen molar-refractivity contribution in [1.82, 2.24) is 9.88 Å². The lowest BCUT2D eigenvalue weighted by molar-refractivity contribution is -0.129. The van der Waals surface area contributed by atoms with Gasteiger partial charge in [0, 0.05) is 37.4 Å². The molecule has 0 saturated heterocycles. The van der Waals surface area contributed by atoms with Crippen LogP contribution in [0.3, 0.4) is 0 Å². The van der Waals surface area contributed by atoms with Gasteiger partial charge >= 0.3 is 0 Å². The molecule has 25 heavy (non-hydrogen) atoms. The largest absolute Gasteiger partial charge is 0.338 e. The number of hydrogen-bond acceptors (Lipinski definition) is 3. The minimum Gasteiger partial charge on any atom is -0.338 e. The summed E-state index contributed by atoms with van der Waals surface area (Å²) in [5.41, 5.74) is 2.49. The SMILES string of the molecule is CC(=O)N1CCc2c(cncc2C(=O)Nc2c(Cl)cc(Cl)cc2Cl)C1. The van der Waals surface area contributed by atoms with E-state index in [1.165, 1.54) is 25.3 Å². The third-order valence-electron chi connectivity index (χ3n) is 4.08. The summed E-state index contributed by atoms with van der Waals surface area (Å²) in [6.45, 7) is 2.54. The summed E-state index contributed by atoms with van der Waals surface area (Å²) in [4.78, 5) is 30.1. The van der Waals surface area contributed by atoms with E-state index < -0.39 is 0 Å². The number of carbonyl (C=O) groups is 2. The first-order chi connectivity index (χ1) is 11.9. The molecule has 2 heterocycles. The average Bonchev–Trinajstić information content (AvgIpc) is 2.56. The van der Waals surface area contributed by atoms with Crippen LogP contribution in [0.5, 0.6) is 0 Å². The predicted molar refractivity (Wildman–Crippen MR) is 98.5 cm³/mol. The second-order valence-electron chi connectivity index (χ2n) is 5.71. The number of pyridine rings is 1. The molecular formula is C17H14Cl3N3O2. The predicted octanol–water partition coefficient (Wildman–Crippen LogP) is 4.20. The van der Waals surface area contributed by atoms with Crippen molar-refractivity contribution in [1.29, 1.82) is 0 Å². The highest BCUT2D eigenvalue weighted by Gasteiger charge is 2.24. The number of hydrogen-bond donors (Lipinski definition) is 1. The first-order valence-corrected chi connectivity index (χ1v) is 8.67. The second kappa shape index (κ2) is 7.20. The molecule has 5 nitrogen and oxygen atoms in total. The fourth-order valence-corrected chi connectivity index (χ4v) is 3.71. The summed E-state index contributed by atoms with van der Waals surface area (Å²) in [6, 6.07) is 3.02. The van der Waals surface area contributed by atoms with E-state index in [0.717, 1.165) is 11.1 Å². The molecule has 0 fully saturated rings. The molecule has 0 saturated carbocycles. The number of aromatic nitrogens is 1. The van der Waals surface area contributed by atoms with Gasteiger partial charge in [0.05, 0.1) is 21.3 Å². The molecule has 1 aromatic carbocycles. The highest BCUT2D eigenvalue weighted by molar-refractivity contribution is 6.42. The van der Waals surface area contributed by atoms with Gasteiger partial charge in [0.25, 0.3) is 5.91 Å². The number of nitrogens with zero attached hydrogens (tertiary/aromatic N) is 2. The van der Waals surface area contributed by atoms with Crippen LogP contribution in [0.2, 0.25) is 15.1 Å². The van der Waals surface area contributed by atoms with Gasteiger partial charge < -0.3 is 10.2 Å². The lowest BCUT2D eigenvalue weighted by atomic mass is 9.96. The quantitative estimate of drug-likeness (QED) is 0.824. The number of fused-ring (bicyclic) bond motifs is 1. The monoisotopic (exact) mass is 397 g/mol. The zero-order valence-electron chi connectivity index (χ0n) is 13.3. The van der Waals surface area contributed by atoms with E-state index in [0.29, 0.717) is 35.8 Å². The Morgan fingerprint density at radius 3 is 2.48 bits per heavy atom. The lowest BCUT2D eigenvalue weighted by Gasteiger charge is -2.28. The van der Waals surface area contributed by atoms with Crippen molar-refractivity contribution in [3.05, 3.63) is 56.3 Å². The average molecular weight is 399 g/mol. The third-order valence-corrected chi connectivity index (χ3v) is 4.89. The maximum atomic E-state index is 12.7. The third kappa shape index (κ3) is 3.73. The summed E-state index contributed by atoms with van der Waals surface area (Å²) in [5.74, 6) is -0.355. The van der Waals surface area contributed by atoms with Crippen molar-refractivity contribution < 1.29 is 9.59 Å². The van der Waals surface area contributed by atoms with Crippen molar-refractivity contribution in [2.45, 2.75) is 19.9 Å². The van der Waals surface area contributed by atoms with Gasteiger partial charge in [0.1, 0.15) is 0 Å². The van der Waals surface area contributed by atoms with Gasteiger partial charge in [-0.3, -0.25) is 14.6 Å². The minimum absolute atomic E-state index is 0.000215. The van der Waals surface area contributed by atoms with Crippen LogP contribution in [0.1, 0.15) is 28.4 Å². The molecule has 0 atom stereocenters. The summed E-state index contributed by atoms with van der Waals surface area (Å²) < 4.78 is 0. The van der Waals surface area contributed by atoms with Gasteiger partial charge in [0.2, 0.25) is 5.91 Å². The fourth-order valence-electron chi connectivity index (χ4n) is 2.80. The maximum Gasteiger partial charge on any atom is 0.257 e. The Labute approximate surface area is 159 Å². The van der Waals surface area contributed by atoms with Crippen LogP contribution >= 0.6 is 34.8 Å². The van der Waals surface area contributed by atoms with Crippen LogP contribution in [0.15, 0.2) is 24.5 Å². The van der Waals surface area contributed by atoms with Crippen molar-refractivity contribution in [3.63, 3.8) is 0 Å². The number of benzene rings is 1. The Morgan fingerprint density at radius 1 is 1.16 bits per heavy atom. The van der Waals surface area contributed by atoms with E-state index in [-0.39, 0.29) is 21.9 Å². The van der Waals surface area contributed by atoms with Gasteiger partial charge in [-0.25, -0.2) is 0 Å². The molecule has 2 aromatic rings. The molecule has 0 bridgehead atoms. The number of carbonyl (C=O) groups excluding carboxylic acids is 2. The molecule has 2 amide bonds. The van der Waals surface area contributed by atoms with Gasteiger partial charge in [-0.15, -0.1) is 0 Å². The van der Waals surface area contributed by atoms with E-state index in [9.17, 15) is 9.59 Å². The van der Waals surface area contributed by atoms with Gasteiger partial charge in [-0.2, -0.15) is 0 Å². The number of amides is 2. The molecule has 1 aliphatic rings. The summed E-state index contributed by atoms with van der Waals surface area (Å²) >= 11 is 18.1. The van der Waals surface area contributed by atoms with E-state index in [1.807, 2.05) is 0 Å². The van der Waals surface area contributed by atoms with Crippen LogP contribution in [-0.2, 0) is 17.8 Å². The van der Waals surface area contributed by atoms with E-state index >= 15 is 0 Å². The Morgan fingerprint density at radius 2 is 1.84 bits per heavy atom. The standard InChI is InChI=1S/C17H14Cl3N3O2/c1-9(24)23-3-2-12-10(8-23)6-21-7-13(12)17(25)22-16-14(19)4-11(18)5-15(16)20/h4-7H,2-3,8H2,1H3,(H,22,25). The number of anilines is 1. The first-order valence-electron chi connectivity index (χ1n) is 7.54. The molecule has 130 valence electrons. The van der Waals surface area contributed by atoms with Crippen molar-refractivity contribution >= 4 is 52.3 Å². The molecular weight excluding hydrogens is 385 g/mol. The van der Waals surface area contributed by atoms with Crippen molar-refractivity contribution in [3.8, 4) is 0 Å². The Kier molecular flexibility index (Phi) is 5.18. The summed E-state index contributed by atoms with van der Waals surface area (Å²) in [5, 5.41) is 3.62. The molecule has 0 unspecified atom stereocenters. The number of rotatable bonds is 2. The van der Waals surface area contributed by atoms with E-state index in [4.69, 9.17) is 34.8 Å². The Bertz CT molecular complexity index is 847. The Hall–Kier alpha value is -1.82. The second-order valence-corrected chi connectivity index (χ2v) is 6.96. The summed E-state index contributed by atoms with van der Waals surface area (Å²) in [7, 11) is 0. The molecule has 0 radical (unpaired) electrons. The number of halogens is 3. The van der Waals surface area contributed by atoms with Crippen LogP contribution < -0.4 is 5.32 Å². The fraction of sp³-hybridized carbons (Fsp3) is 0.235. The van der Waals surface area contributed by atoms with E-state index in [1.54, 1.807) is 11.1 Å². The molecule has 3 rings (SSSR count). The van der Waals surface area contributed by atoms with Gasteiger partial charge in [0.15, 0.2) is 0 Å². The Balaban J connectivity index is 1.90. The molecule has 0 spiro atoms. The molecule has 1 aromatic heterocycles. The van der Waals surface area contributed by atoms with Crippen LogP contribution in [0.25, 0.3) is 0 Å². The first kappa shape index (κ1) is 18.0. The van der Waals surface area contributed by atoms with Crippen LogP contribution in [0.4, 0.5) is 5.69 Å². The summed E-state index contributed by atoms with van der Waals surface area (Å²) in [6.07, 6.45) is 3.78. The smallest absolute Gasteiger partial charge is 0.257 e. The van der Waals surface area contributed by atoms with Crippen LogP contribution in [-0.4, -0.2) is 28.2 Å². The van der Waals surface area contributed by atoms with Gasteiger partial charge in [-0.05, 0) is 29.7 Å². The van der Waals surface area contributed by atoms with E-state index in [2.05, 4.69) is 10.3 Å². The highest BCUT2D eigenvalue weighted by atomic mass is 35.5. The normalized spacial score (nSPS) is 13.4. The number of nitrogens with one attached hydrogen (secondary N) is 1. The molecule has 0 aliphatic carbocycles. The minimum atomic E-state index is -0.355. The topological polar surface area (TPSA) is 62.3 Å². The van der Waals surface area contributed by atoms with Crippen molar-refractivity contribution in [2.75, 3.05) is 11.9 Å². The zero-order valence-corrected chi connectivity index (χ0v) is 15.5. The highest BCUT2D eigenvalue weighted by Crippen LogP contribution is 2.34.